The number of carbonyl (C=O) groups is 1. The number of alkyl halides is 3. The molecule has 0 spiro atoms. The normalized spacial score (nSPS) is 17.4. The topological polar surface area (TPSA) is 77.2 Å². The van der Waals surface area contributed by atoms with Gasteiger partial charge in [-0.05, 0) is 25.0 Å². The molecule has 1 heterocycles. The standard InChI is InChI=1S/C14H14F3N3O2S/c15-14(16,17)22-8-3-4-9-10(7-8)23-12(19-9)20-11(21)13(18)5-1-2-6-13/h3-4,7H,1-2,5-6,18H2,(H,19,20,21). The molecule has 0 radical (unpaired) electrons. The van der Waals surface area contributed by atoms with Gasteiger partial charge in [0.1, 0.15) is 5.75 Å². The van der Waals surface area contributed by atoms with Gasteiger partial charge in [-0.1, -0.05) is 24.2 Å². The number of fused-ring (bicyclic) bond motifs is 1. The molecular weight excluding hydrogens is 331 g/mol. The number of hydrogen-bond donors (Lipinski definition) is 2. The predicted octanol–water partition coefficient (Wildman–Crippen LogP) is 3.40. The summed E-state index contributed by atoms with van der Waals surface area (Å²) in [5.74, 6) is -0.626. The quantitative estimate of drug-likeness (QED) is 0.894. The summed E-state index contributed by atoms with van der Waals surface area (Å²) in [6, 6.07) is 3.84. The summed E-state index contributed by atoms with van der Waals surface area (Å²) >= 11 is 1.08. The lowest BCUT2D eigenvalue weighted by atomic mass is 9.98. The van der Waals surface area contributed by atoms with E-state index in [9.17, 15) is 18.0 Å². The fraction of sp³-hybridized carbons (Fsp3) is 0.429. The van der Waals surface area contributed by atoms with Gasteiger partial charge in [0, 0.05) is 6.07 Å². The lowest BCUT2D eigenvalue weighted by Gasteiger charge is -2.21. The Morgan fingerprint density at radius 2 is 2.04 bits per heavy atom. The summed E-state index contributed by atoms with van der Waals surface area (Å²) < 4.78 is 41.0. The van der Waals surface area contributed by atoms with Crippen molar-refractivity contribution < 1.29 is 22.7 Å². The number of amides is 1. The van der Waals surface area contributed by atoms with E-state index in [2.05, 4.69) is 15.0 Å². The molecule has 5 nitrogen and oxygen atoms in total. The third-order valence-electron chi connectivity index (χ3n) is 3.76. The van der Waals surface area contributed by atoms with Crippen LogP contribution in [0.4, 0.5) is 18.3 Å². The van der Waals surface area contributed by atoms with Crippen LogP contribution in [0.25, 0.3) is 10.2 Å². The highest BCUT2D eigenvalue weighted by Crippen LogP contribution is 2.33. The van der Waals surface area contributed by atoms with Gasteiger partial charge in [0.2, 0.25) is 5.91 Å². The third-order valence-corrected chi connectivity index (χ3v) is 4.70. The Morgan fingerprint density at radius 1 is 1.35 bits per heavy atom. The van der Waals surface area contributed by atoms with E-state index in [0.29, 0.717) is 28.2 Å². The predicted molar refractivity (Wildman–Crippen MR) is 80.3 cm³/mol. The summed E-state index contributed by atoms with van der Waals surface area (Å²) in [4.78, 5) is 16.4. The number of thiazole rings is 1. The lowest BCUT2D eigenvalue weighted by molar-refractivity contribution is -0.274. The summed E-state index contributed by atoms with van der Waals surface area (Å²) in [6.45, 7) is 0. The van der Waals surface area contributed by atoms with Crippen LogP contribution in [0.1, 0.15) is 25.7 Å². The smallest absolute Gasteiger partial charge is 0.406 e. The highest BCUT2D eigenvalue weighted by molar-refractivity contribution is 7.22. The van der Waals surface area contributed by atoms with E-state index >= 15 is 0 Å². The van der Waals surface area contributed by atoms with E-state index in [1.807, 2.05) is 0 Å². The van der Waals surface area contributed by atoms with Gasteiger partial charge in [-0.2, -0.15) is 0 Å². The van der Waals surface area contributed by atoms with E-state index in [-0.39, 0.29) is 11.7 Å². The molecule has 1 aliphatic rings. The molecule has 1 aromatic carbocycles. The molecule has 3 N–H and O–H groups in total. The van der Waals surface area contributed by atoms with Gasteiger partial charge in [-0.15, -0.1) is 13.2 Å². The fourth-order valence-corrected chi connectivity index (χ4v) is 3.50. The zero-order valence-electron chi connectivity index (χ0n) is 11.9. The molecule has 0 saturated heterocycles. The molecule has 1 amide bonds. The number of hydrogen-bond acceptors (Lipinski definition) is 5. The van der Waals surface area contributed by atoms with Gasteiger partial charge in [-0.25, -0.2) is 4.98 Å². The van der Waals surface area contributed by atoms with Gasteiger partial charge in [0.25, 0.3) is 0 Å². The second-order valence-electron chi connectivity index (χ2n) is 5.51. The molecule has 2 aromatic rings. The van der Waals surface area contributed by atoms with Crippen LogP contribution >= 0.6 is 11.3 Å². The Balaban J connectivity index is 1.79. The van der Waals surface area contributed by atoms with E-state index in [1.54, 1.807) is 0 Å². The van der Waals surface area contributed by atoms with Crippen molar-refractivity contribution in [2.45, 2.75) is 37.6 Å². The number of nitrogens with one attached hydrogen (secondary N) is 1. The summed E-state index contributed by atoms with van der Waals surface area (Å²) in [7, 11) is 0. The van der Waals surface area contributed by atoms with Crippen LogP contribution in [0.15, 0.2) is 18.2 Å². The van der Waals surface area contributed by atoms with Crippen molar-refractivity contribution in [3.8, 4) is 5.75 Å². The molecule has 124 valence electrons. The maximum atomic E-state index is 12.2. The van der Waals surface area contributed by atoms with E-state index in [0.717, 1.165) is 24.2 Å². The maximum absolute atomic E-state index is 12.2. The molecule has 0 atom stereocenters. The first-order chi connectivity index (χ1) is 10.8. The first-order valence-corrected chi connectivity index (χ1v) is 7.84. The van der Waals surface area contributed by atoms with Crippen molar-refractivity contribution in [1.82, 2.24) is 4.98 Å². The molecule has 1 aromatic heterocycles. The monoisotopic (exact) mass is 345 g/mol. The van der Waals surface area contributed by atoms with E-state index < -0.39 is 11.9 Å². The van der Waals surface area contributed by atoms with Crippen LogP contribution < -0.4 is 15.8 Å². The van der Waals surface area contributed by atoms with Crippen molar-refractivity contribution in [2.24, 2.45) is 5.73 Å². The second-order valence-corrected chi connectivity index (χ2v) is 6.54. The molecule has 1 saturated carbocycles. The average molecular weight is 345 g/mol. The first-order valence-electron chi connectivity index (χ1n) is 7.02. The Hall–Kier alpha value is -1.87. The number of benzene rings is 1. The molecule has 23 heavy (non-hydrogen) atoms. The third kappa shape index (κ3) is 3.56. The van der Waals surface area contributed by atoms with Gasteiger partial charge in [0.15, 0.2) is 5.13 Å². The van der Waals surface area contributed by atoms with Crippen molar-refractivity contribution in [1.29, 1.82) is 0 Å². The van der Waals surface area contributed by atoms with Crippen molar-refractivity contribution in [2.75, 3.05) is 5.32 Å². The number of aromatic nitrogens is 1. The van der Waals surface area contributed by atoms with E-state index in [1.165, 1.54) is 18.2 Å². The highest BCUT2D eigenvalue weighted by atomic mass is 32.1. The zero-order chi connectivity index (χ0) is 16.7. The summed E-state index contributed by atoms with van der Waals surface area (Å²) in [5, 5.41) is 2.97. The van der Waals surface area contributed by atoms with Crippen molar-refractivity contribution >= 4 is 32.6 Å². The number of anilines is 1. The van der Waals surface area contributed by atoms with Crippen LogP contribution in [0.5, 0.6) is 5.75 Å². The SMILES string of the molecule is NC1(C(=O)Nc2nc3ccc(OC(F)(F)F)cc3s2)CCCC1. The van der Waals surface area contributed by atoms with Crippen molar-refractivity contribution in [3.05, 3.63) is 18.2 Å². The molecule has 0 aliphatic heterocycles. The number of nitrogens with zero attached hydrogens (tertiary/aromatic N) is 1. The summed E-state index contributed by atoms with van der Waals surface area (Å²) in [5.41, 5.74) is 5.66. The van der Waals surface area contributed by atoms with Crippen LogP contribution in [-0.4, -0.2) is 22.8 Å². The minimum Gasteiger partial charge on any atom is -0.406 e. The van der Waals surface area contributed by atoms with Crippen LogP contribution in [-0.2, 0) is 4.79 Å². The van der Waals surface area contributed by atoms with Gasteiger partial charge in [0.05, 0.1) is 15.8 Å². The zero-order valence-corrected chi connectivity index (χ0v) is 12.8. The molecular formula is C14H14F3N3O2S. The maximum Gasteiger partial charge on any atom is 0.573 e. The lowest BCUT2D eigenvalue weighted by Crippen LogP contribution is -2.48. The van der Waals surface area contributed by atoms with E-state index in [4.69, 9.17) is 5.73 Å². The number of carbonyl (C=O) groups excluding carboxylic acids is 1. The molecule has 0 unspecified atom stereocenters. The van der Waals surface area contributed by atoms with Gasteiger partial charge < -0.3 is 15.8 Å². The van der Waals surface area contributed by atoms with Gasteiger partial charge in [-0.3, -0.25) is 4.79 Å². The number of halogens is 3. The second kappa shape index (κ2) is 5.64. The molecule has 1 fully saturated rings. The minimum absolute atomic E-state index is 0.305. The average Bonchev–Trinajstić information content (AvgIpc) is 3.03. The molecule has 3 rings (SSSR count). The van der Waals surface area contributed by atoms with Crippen LogP contribution in [0, 0.1) is 0 Å². The minimum atomic E-state index is -4.75. The Morgan fingerprint density at radius 3 is 2.70 bits per heavy atom. The first kappa shape index (κ1) is 16.0. The largest absolute Gasteiger partial charge is 0.573 e. The Kier molecular flexibility index (Phi) is 3.93. The molecule has 1 aliphatic carbocycles. The number of ether oxygens (including phenoxy) is 1. The van der Waals surface area contributed by atoms with Crippen molar-refractivity contribution in [3.63, 3.8) is 0 Å². The number of nitrogens with two attached hydrogens (primary N) is 1. The molecule has 9 heteroatoms. The Bertz CT molecular complexity index is 738. The Labute approximate surface area is 133 Å². The fourth-order valence-electron chi connectivity index (χ4n) is 2.61. The summed E-state index contributed by atoms with van der Waals surface area (Å²) in [6.07, 6.45) is -1.70. The number of rotatable bonds is 3. The van der Waals surface area contributed by atoms with Gasteiger partial charge >= 0.3 is 6.36 Å². The highest BCUT2D eigenvalue weighted by Gasteiger charge is 2.37. The van der Waals surface area contributed by atoms with Crippen LogP contribution in [0.2, 0.25) is 0 Å². The molecule has 0 bridgehead atoms. The van der Waals surface area contributed by atoms with Crippen LogP contribution in [0.3, 0.4) is 0 Å².